The van der Waals surface area contributed by atoms with Crippen LogP contribution in [0.3, 0.4) is 0 Å². The number of para-hydroxylation sites is 1. The van der Waals surface area contributed by atoms with Crippen molar-refractivity contribution in [1.82, 2.24) is 4.90 Å². The molecule has 3 heteroatoms. The van der Waals surface area contributed by atoms with Gasteiger partial charge in [-0.2, -0.15) is 0 Å². The van der Waals surface area contributed by atoms with E-state index < -0.39 is 0 Å². The molecule has 1 aromatic rings. The van der Waals surface area contributed by atoms with Crippen LogP contribution < -0.4 is 10.6 Å². The fourth-order valence-corrected chi connectivity index (χ4v) is 3.97. The van der Waals surface area contributed by atoms with Crippen LogP contribution in [0.5, 0.6) is 0 Å². The normalized spacial score (nSPS) is 22.6. The average molecular weight is 287 g/mol. The Morgan fingerprint density at radius 2 is 1.57 bits per heavy atom. The second-order valence-corrected chi connectivity index (χ2v) is 6.61. The average Bonchev–Trinajstić information content (AvgIpc) is 2.57. The molecule has 116 valence electrons. The minimum Gasteiger partial charge on any atom is -0.371 e. The Hall–Kier alpha value is -1.06. The standard InChI is InChI=1S/C18H29N3/c19-11-6-16-7-12-20(13-8-16)18-9-14-21(15-10-18)17-4-2-1-3-5-17/h1-5,16,18H,6-15,19H2. The van der Waals surface area contributed by atoms with Crippen molar-refractivity contribution in [2.24, 2.45) is 11.7 Å². The Morgan fingerprint density at radius 1 is 0.905 bits per heavy atom. The predicted octanol–water partition coefficient (Wildman–Crippen LogP) is 2.72. The van der Waals surface area contributed by atoms with Crippen molar-refractivity contribution in [3.63, 3.8) is 0 Å². The highest BCUT2D eigenvalue weighted by Crippen LogP contribution is 2.27. The number of rotatable bonds is 4. The molecule has 2 N–H and O–H groups in total. The minimum atomic E-state index is 0.809. The summed E-state index contributed by atoms with van der Waals surface area (Å²) in [5, 5.41) is 0. The zero-order valence-corrected chi connectivity index (χ0v) is 13.1. The third-order valence-corrected chi connectivity index (χ3v) is 5.33. The molecule has 0 unspecified atom stereocenters. The van der Waals surface area contributed by atoms with E-state index in [2.05, 4.69) is 40.1 Å². The van der Waals surface area contributed by atoms with Crippen LogP contribution in [0.15, 0.2) is 30.3 Å². The van der Waals surface area contributed by atoms with E-state index in [4.69, 9.17) is 5.73 Å². The molecule has 0 saturated carbocycles. The summed E-state index contributed by atoms with van der Waals surface area (Å²) in [5.74, 6) is 0.885. The van der Waals surface area contributed by atoms with Gasteiger partial charge >= 0.3 is 0 Å². The van der Waals surface area contributed by atoms with E-state index in [0.29, 0.717) is 0 Å². The lowest BCUT2D eigenvalue weighted by molar-refractivity contribution is 0.113. The van der Waals surface area contributed by atoms with Gasteiger partial charge in [-0.1, -0.05) is 18.2 Å². The van der Waals surface area contributed by atoms with Crippen molar-refractivity contribution < 1.29 is 0 Å². The highest BCUT2D eigenvalue weighted by Gasteiger charge is 2.27. The van der Waals surface area contributed by atoms with E-state index >= 15 is 0 Å². The molecule has 2 saturated heterocycles. The Labute approximate surface area is 129 Å². The van der Waals surface area contributed by atoms with Crippen molar-refractivity contribution in [1.29, 1.82) is 0 Å². The lowest BCUT2D eigenvalue weighted by Crippen LogP contribution is -2.47. The van der Waals surface area contributed by atoms with Gasteiger partial charge in [0.15, 0.2) is 0 Å². The molecule has 0 amide bonds. The number of hydrogen-bond donors (Lipinski definition) is 1. The molecule has 3 rings (SSSR count). The van der Waals surface area contributed by atoms with E-state index in [0.717, 1.165) is 18.5 Å². The molecule has 0 bridgehead atoms. The third-order valence-electron chi connectivity index (χ3n) is 5.33. The first-order chi connectivity index (χ1) is 10.4. The number of nitrogens with zero attached hydrogens (tertiary/aromatic N) is 2. The van der Waals surface area contributed by atoms with Gasteiger partial charge in [-0.25, -0.2) is 0 Å². The van der Waals surface area contributed by atoms with E-state index in [1.54, 1.807) is 0 Å². The monoisotopic (exact) mass is 287 g/mol. The highest BCUT2D eigenvalue weighted by molar-refractivity contribution is 5.46. The SMILES string of the molecule is NCCC1CCN(C2CCN(c3ccccc3)CC2)CC1. The van der Waals surface area contributed by atoms with Gasteiger partial charge in [0.05, 0.1) is 0 Å². The Kier molecular flexibility index (Phi) is 5.15. The molecule has 2 aliphatic heterocycles. The van der Waals surface area contributed by atoms with Gasteiger partial charge in [-0.05, 0) is 69.8 Å². The zero-order chi connectivity index (χ0) is 14.5. The summed E-state index contributed by atoms with van der Waals surface area (Å²) in [5.41, 5.74) is 7.07. The molecule has 0 aliphatic carbocycles. The van der Waals surface area contributed by atoms with Gasteiger partial charge in [-0.3, -0.25) is 0 Å². The minimum absolute atomic E-state index is 0.809. The first-order valence-corrected chi connectivity index (χ1v) is 8.61. The van der Waals surface area contributed by atoms with Crippen LogP contribution in [-0.4, -0.2) is 43.7 Å². The molecule has 2 fully saturated rings. The largest absolute Gasteiger partial charge is 0.371 e. The second-order valence-electron chi connectivity index (χ2n) is 6.61. The number of benzene rings is 1. The van der Waals surface area contributed by atoms with Crippen molar-refractivity contribution in [3.8, 4) is 0 Å². The van der Waals surface area contributed by atoms with Crippen molar-refractivity contribution in [2.75, 3.05) is 37.6 Å². The first kappa shape index (κ1) is 14.9. The van der Waals surface area contributed by atoms with Crippen LogP contribution in [0.1, 0.15) is 32.1 Å². The van der Waals surface area contributed by atoms with Crippen LogP contribution in [0, 0.1) is 5.92 Å². The molecule has 1 aromatic carbocycles. The van der Waals surface area contributed by atoms with Gasteiger partial charge in [0, 0.05) is 24.8 Å². The Balaban J connectivity index is 1.46. The van der Waals surface area contributed by atoms with Gasteiger partial charge in [0.25, 0.3) is 0 Å². The number of piperidine rings is 2. The second kappa shape index (κ2) is 7.28. The summed E-state index contributed by atoms with van der Waals surface area (Å²) in [6.45, 7) is 5.86. The fraction of sp³-hybridized carbons (Fsp3) is 0.667. The van der Waals surface area contributed by atoms with E-state index in [-0.39, 0.29) is 0 Å². The van der Waals surface area contributed by atoms with E-state index in [9.17, 15) is 0 Å². The van der Waals surface area contributed by atoms with Crippen LogP contribution in [0.2, 0.25) is 0 Å². The van der Waals surface area contributed by atoms with E-state index in [1.807, 2.05) is 0 Å². The van der Waals surface area contributed by atoms with Crippen molar-refractivity contribution in [2.45, 2.75) is 38.1 Å². The van der Waals surface area contributed by atoms with Crippen LogP contribution in [0.4, 0.5) is 5.69 Å². The molecule has 2 heterocycles. The Morgan fingerprint density at radius 3 is 2.19 bits per heavy atom. The molecule has 0 spiro atoms. The Bertz CT molecular complexity index is 404. The van der Waals surface area contributed by atoms with Crippen LogP contribution in [-0.2, 0) is 0 Å². The summed E-state index contributed by atoms with van der Waals surface area (Å²) in [7, 11) is 0. The van der Waals surface area contributed by atoms with Crippen molar-refractivity contribution >= 4 is 5.69 Å². The number of hydrogen-bond acceptors (Lipinski definition) is 3. The lowest BCUT2D eigenvalue weighted by Gasteiger charge is -2.42. The topological polar surface area (TPSA) is 32.5 Å². The molecule has 21 heavy (non-hydrogen) atoms. The molecular weight excluding hydrogens is 258 g/mol. The number of anilines is 1. The fourth-order valence-electron chi connectivity index (χ4n) is 3.97. The van der Waals surface area contributed by atoms with Crippen LogP contribution in [0.25, 0.3) is 0 Å². The summed E-state index contributed by atoms with van der Waals surface area (Å²) in [4.78, 5) is 5.28. The summed E-state index contributed by atoms with van der Waals surface area (Å²) in [6, 6.07) is 11.7. The molecule has 0 atom stereocenters. The third kappa shape index (κ3) is 3.78. The molecule has 0 radical (unpaired) electrons. The van der Waals surface area contributed by atoms with Crippen molar-refractivity contribution in [3.05, 3.63) is 30.3 Å². The summed E-state index contributed by atoms with van der Waals surface area (Å²) in [6.07, 6.45) is 6.57. The first-order valence-electron chi connectivity index (χ1n) is 8.61. The molecule has 2 aliphatic rings. The lowest BCUT2D eigenvalue weighted by atomic mass is 9.91. The van der Waals surface area contributed by atoms with Crippen LogP contribution >= 0.6 is 0 Å². The maximum absolute atomic E-state index is 5.69. The highest BCUT2D eigenvalue weighted by atomic mass is 15.2. The maximum atomic E-state index is 5.69. The van der Waals surface area contributed by atoms with Gasteiger partial charge in [-0.15, -0.1) is 0 Å². The van der Waals surface area contributed by atoms with Gasteiger partial charge < -0.3 is 15.5 Å². The van der Waals surface area contributed by atoms with Gasteiger partial charge in [0.1, 0.15) is 0 Å². The number of nitrogens with two attached hydrogens (primary N) is 1. The summed E-state index contributed by atoms with van der Waals surface area (Å²) < 4.78 is 0. The predicted molar refractivity (Wildman–Crippen MR) is 89.6 cm³/mol. The zero-order valence-electron chi connectivity index (χ0n) is 13.1. The maximum Gasteiger partial charge on any atom is 0.0366 e. The quantitative estimate of drug-likeness (QED) is 0.924. The summed E-state index contributed by atoms with van der Waals surface area (Å²) >= 11 is 0. The molecule has 3 nitrogen and oxygen atoms in total. The number of likely N-dealkylation sites (tertiary alicyclic amines) is 1. The molecule has 0 aromatic heterocycles. The molecular formula is C18H29N3. The smallest absolute Gasteiger partial charge is 0.0366 e. The van der Waals surface area contributed by atoms with Gasteiger partial charge in [0.2, 0.25) is 0 Å². The van der Waals surface area contributed by atoms with E-state index in [1.165, 1.54) is 64.0 Å².